The molecular weight excluding hydrogens is 338 g/mol. The summed E-state index contributed by atoms with van der Waals surface area (Å²) in [5.41, 5.74) is 1.86. The van der Waals surface area contributed by atoms with Gasteiger partial charge in [-0.25, -0.2) is 9.67 Å². The van der Waals surface area contributed by atoms with Crippen LogP contribution in [-0.4, -0.2) is 39.7 Å². The number of hydrogen-bond acceptors (Lipinski definition) is 5. The maximum Gasteiger partial charge on any atom is 0.185 e. The van der Waals surface area contributed by atoms with Gasteiger partial charge < -0.3 is 9.75 Å². The second kappa shape index (κ2) is 7.81. The van der Waals surface area contributed by atoms with Crippen LogP contribution in [0.25, 0.3) is 0 Å². The van der Waals surface area contributed by atoms with Gasteiger partial charge in [-0.05, 0) is 29.8 Å². The summed E-state index contributed by atoms with van der Waals surface area (Å²) in [6.07, 6.45) is 3.08. The maximum absolute atomic E-state index is 6.02. The number of nitrogens with zero attached hydrogens (tertiary/aromatic N) is 5. The molecule has 0 atom stereocenters. The molecule has 3 aromatic rings. The monoisotopic (exact) mass is 355 g/mol. The number of ether oxygens (including phenoxy) is 1. The zero-order valence-corrected chi connectivity index (χ0v) is 14.8. The summed E-state index contributed by atoms with van der Waals surface area (Å²) in [6.45, 7) is 0.431. The second-order valence-electron chi connectivity index (χ2n) is 5.52. The Kier molecular flexibility index (Phi) is 5.30. The van der Waals surface area contributed by atoms with E-state index in [1.54, 1.807) is 16.0 Å². The van der Waals surface area contributed by atoms with E-state index in [1.165, 1.54) is 6.33 Å². The minimum atomic E-state index is 0.431. The molecule has 0 aliphatic heterocycles. The Morgan fingerprint density at radius 1 is 1.16 bits per heavy atom. The van der Waals surface area contributed by atoms with Gasteiger partial charge in [0.25, 0.3) is 0 Å². The molecule has 0 N–H and O–H groups in total. The summed E-state index contributed by atoms with van der Waals surface area (Å²) < 4.78 is 7.64. The molecule has 1 heterocycles. The fourth-order valence-corrected chi connectivity index (χ4v) is 2.38. The highest BCUT2D eigenvalue weighted by Crippen LogP contribution is 2.21. The van der Waals surface area contributed by atoms with Gasteiger partial charge in [-0.2, -0.15) is 10.2 Å². The molecule has 0 fully saturated rings. The van der Waals surface area contributed by atoms with Gasteiger partial charge in [0.05, 0.1) is 5.56 Å². The molecule has 1 aromatic heterocycles. The molecule has 128 valence electrons. The lowest BCUT2D eigenvalue weighted by Crippen LogP contribution is -2.19. The third kappa shape index (κ3) is 4.36. The van der Waals surface area contributed by atoms with Crippen LogP contribution in [0.1, 0.15) is 11.1 Å². The lowest BCUT2D eigenvalue weighted by atomic mass is 10.2. The van der Waals surface area contributed by atoms with E-state index in [0.717, 1.165) is 11.1 Å². The molecule has 6 nitrogen and oxygen atoms in total. The van der Waals surface area contributed by atoms with Crippen molar-refractivity contribution in [2.24, 2.45) is 5.10 Å². The van der Waals surface area contributed by atoms with Crippen molar-refractivity contribution in [2.45, 2.75) is 6.61 Å². The van der Waals surface area contributed by atoms with Crippen molar-refractivity contribution in [3.8, 4) is 5.75 Å². The normalized spacial score (nSPS) is 11.4. The fraction of sp³-hybridized carbons (Fsp3) is 0.167. The first kappa shape index (κ1) is 17.0. The molecule has 0 bridgehead atoms. The van der Waals surface area contributed by atoms with E-state index in [0.29, 0.717) is 23.2 Å². The molecule has 0 saturated heterocycles. The summed E-state index contributed by atoms with van der Waals surface area (Å²) in [5.74, 6) is 1.35. The standard InChI is InChI=1S/C18H18ClN5O/c1-23(2)22-18(24-13-20-12-21-24)16-5-3-4-6-17(16)25-11-14-7-9-15(19)10-8-14/h3-10,12-13H,11H2,1-2H3. The van der Waals surface area contributed by atoms with Crippen LogP contribution in [0.5, 0.6) is 5.75 Å². The topological polar surface area (TPSA) is 55.5 Å². The number of hydrogen-bond donors (Lipinski definition) is 0. The van der Waals surface area contributed by atoms with Crippen LogP contribution in [0.4, 0.5) is 0 Å². The molecule has 0 aliphatic carbocycles. The summed E-state index contributed by atoms with van der Waals surface area (Å²) >= 11 is 5.92. The highest BCUT2D eigenvalue weighted by atomic mass is 35.5. The first-order valence-electron chi connectivity index (χ1n) is 7.71. The van der Waals surface area contributed by atoms with Crippen molar-refractivity contribution in [3.63, 3.8) is 0 Å². The molecule has 0 spiro atoms. The Bertz CT molecular complexity index is 844. The zero-order chi connectivity index (χ0) is 17.6. The summed E-state index contributed by atoms with van der Waals surface area (Å²) in [5, 5.41) is 11.1. The van der Waals surface area contributed by atoms with E-state index < -0.39 is 0 Å². The Labute approximate surface area is 151 Å². The van der Waals surface area contributed by atoms with Crippen molar-refractivity contribution in [1.82, 2.24) is 19.8 Å². The van der Waals surface area contributed by atoms with E-state index >= 15 is 0 Å². The van der Waals surface area contributed by atoms with E-state index in [-0.39, 0.29) is 0 Å². The molecule has 25 heavy (non-hydrogen) atoms. The predicted octanol–water partition coefficient (Wildman–Crippen LogP) is 3.28. The summed E-state index contributed by atoms with van der Waals surface area (Å²) in [4.78, 5) is 4.01. The minimum absolute atomic E-state index is 0.431. The number of benzene rings is 2. The molecule has 0 unspecified atom stereocenters. The van der Waals surface area contributed by atoms with Crippen molar-refractivity contribution < 1.29 is 4.74 Å². The van der Waals surface area contributed by atoms with Gasteiger partial charge >= 0.3 is 0 Å². The van der Waals surface area contributed by atoms with Crippen LogP contribution in [0, 0.1) is 0 Å². The van der Waals surface area contributed by atoms with Crippen LogP contribution in [0.3, 0.4) is 0 Å². The Balaban J connectivity index is 1.90. The number of rotatable bonds is 5. The third-order valence-corrected chi connectivity index (χ3v) is 3.62. The molecule has 0 amide bonds. The summed E-state index contributed by atoms with van der Waals surface area (Å²) in [6, 6.07) is 15.3. The van der Waals surface area contributed by atoms with Crippen LogP contribution < -0.4 is 4.74 Å². The molecule has 7 heteroatoms. The van der Waals surface area contributed by atoms with Gasteiger partial charge in [-0.1, -0.05) is 35.9 Å². The fourth-order valence-electron chi connectivity index (χ4n) is 2.25. The Morgan fingerprint density at radius 2 is 1.92 bits per heavy atom. The van der Waals surface area contributed by atoms with E-state index in [9.17, 15) is 0 Å². The van der Waals surface area contributed by atoms with Crippen molar-refractivity contribution in [1.29, 1.82) is 0 Å². The first-order valence-corrected chi connectivity index (χ1v) is 8.09. The minimum Gasteiger partial charge on any atom is -0.488 e. The second-order valence-corrected chi connectivity index (χ2v) is 5.96. The van der Waals surface area contributed by atoms with Crippen molar-refractivity contribution in [2.75, 3.05) is 14.1 Å². The lowest BCUT2D eigenvalue weighted by molar-refractivity contribution is 0.305. The van der Waals surface area contributed by atoms with Gasteiger partial charge in [-0.3, -0.25) is 0 Å². The SMILES string of the molecule is CN(C)N=C(c1ccccc1OCc1ccc(Cl)cc1)n1cncn1. The molecule has 0 radical (unpaired) electrons. The lowest BCUT2D eigenvalue weighted by Gasteiger charge is -2.15. The number of hydrazone groups is 1. The Hall–Kier alpha value is -2.86. The number of aromatic nitrogens is 3. The van der Waals surface area contributed by atoms with Crippen molar-refractivity contribution in [3.05, 3.63) is 77.3 Å². The molecule has 0 saturated carbocycles. The maximum atomic E-state index is 6.02. The zero-order valence-electron chi connectivity index (χ0n) is 14.0. The molecule has 3 rings (SSSR count). The van der Waals surface area contributed by atoms with Crippen LogP contribution in [0.2, 0.25) is 5.02 Å². The van der Waals surface area contributed by atoms with Gasteiger partial charge in [0, 0.05) is 19.1 Å². The van der Waals surface area contributed by atoms with Crippen LogP contribution in [0.15, 0.2) is 66.3 Å². The smallest absolute Gasteiger partial charge is 0.185 e. The van der Waals surface area contributed by atoms with E-state index in [1.807, 2.05) is 62.6 Å². The van der Waals surface area contributed by atoms with Gasteiger partial charge in [-0.15, -0.1) is 0 Å². The van der Waals surface area contributed by atoms with E-state index in [4.69, 9.17) is 16.3 Å². The first-order chi connectivity index (χ1) is 12.1. The number of para-hydroxylation sites is 1. The highest BCUT2D eigenvalue weighted by Gasteiger charge is 2.14. The highest BCUT2D eigenvalue weighted by molar-refractivity contribution is 6.30. The van der Waals surface area contributed by atoms with Crippen molar-refractivity contribution >= 4 is 17.4 Å². The van der Waals surface area contributed by atoms with Gasteiger partial charge in [0.15, 0.2) is 5.84 Å². The average Bonchev–Trinajstić information content (AvgIpc) is 3.14. The molecular formula is C18H18ClN5O. The third-order valence-electron chi connectivity index (χ3n) is 3.37. The van der Waals surface area contributed by atoms with Crippen LogP contribution >= 0.6 is 11.6 Å². The Morgan fingerprint density at radius 3 is 2.60 bits per heavy atom. The quantitative estimate of drug-likeness (QED) is 0.400. The molecule has 0 aliphatic rings. The predicted molar refractivity (Wildman–Crippen MR) is 97.9 cm³/mol. The van der Waals surface area contributed by atoms with Gasteiger partial charge in [0.1, 0.15) is 25.0 Å². The van der Waals surface area contributed by atoms with Gasteiger partial charge in [0.2, 0.25) is 0 Å². The van der Waals surface area contributed by atoms with E-state index in [2.05, 4.69) is 15.2 Å². The number of halogens is 1. The average molecular weight is 356 g/mol. The largest absolute Gasteiger partial charge is 0.488 e. The van der Waals surface area contributed by atoms with Crippen LogP contribution in [-0.2, 0) is 6.61 Å². The summed E-state index contributed by atoms with van der Waals surface area (Å²) in [7, 11) is 3.71. The molecule has 2 aromatic carbocycles.